The van der Waals surface area contributed by atoms with Crippen molar-refractivity contribution in [2.75, 3.05) is 44.2 Å². The summed E-state index contributed by atoms with van der Waals surface area (Å²) in [6.07, 6.45) is 6.05. The number of aromatic nitrogens is 2. The molecule has 55 heavy (non-hydrogen) atoms. The first-order valence-corrected chi connectivity index (χ1v) is 20.1. The smallest absolute Gasteiger partial charge is 0.282 e. The molecule has 3 unspecified atom stereocenters. The Morgan fingerprint density at radius 1 is 0.964 bits per heavy atom. The van der Waals surface area contributed by atoms with Crippen molar-refractivity contribution in [3.05, 3.63) is 98.1 Å². The van der Waals surface area contributed by atoms with Crippen molar-refractivity contribution < 1.29 is 23.1 Å². The molecule has 1 aromatic heterocycles. The number of likely N-dealkylation sites (tertiary alicyclic amines) is 1. The van der Waals surface area contributed by atoms with E-state index in [9.17, 15) is 14.4 Å². The van der Waals surface area contributed by atoms with Crippen LogP contribution < -0.4 is 15.8 Å². The minimum absolute atomic E-state index is 0.0629. The Hall–Kier alpha value is -4.19. The fourth-order valence-electron chi connectivity index (χ4n) is 10.1. The lowest BCUT2D eigenvalue weighted by molar-refractivity contribution is -0.134. The molecule has 2 amide bonds. The fraction of sp³-hybridized carbons (Fsp3) is 0.488. The molecule has 0 radical (unpaired) electrons. The number of rotatable bonds is 5. The lowest BCUT2D eigenvalue weighted by Gasteiger charge is -2.47. The molecule has 6 heterocycles. The van der Waals surface area contributed by atoms with Gasteiger partial charge in [-0.2, -0.15) is 4.98 Å². The van der Waals surface area contributed by atoms with E-state index in [0.717, 1.165) is 75.2 Å². The molecule has 1 spiro atoms. The molecule has 9 rings (SSSR count). The zero-order valence-electron chi connectivity index (χ0n) is 31.3. The van der Waals surface area contributed by atoms with Gasteiger partial charge in [-0.1, -0.05) is 29.8 Å². The van der Waals surface area contributed by atoms with Gasteiger partial charge in [0, 0.05) is 43.9 Å². The number of nitrogens with zero attached hydrogens (tertiary/aromatic N) is 4. The Kier molecular flexibility index (Phi) is 9.13. The number of benzene rings is 3. The van der Waals surface area contributed by atoms with Gasteiger partial charge in [0.05, 0.1) is 45.2 Å². The zero-order valence-corrected chi connectivity index (χ0v) is 32.1. The standard InChI is InChI=1S/C43H46ClF2N5O4/c1-42(2)30-19-26(8-10-34(30)51-35-7-3-6-31(44)38(35)40(54)48-41(42)51)27-5-4-16-49(23-27)22-25-12-13-43(55-24-25)14-17-50(18-15-43)28-20-32(45)37(33(46)21-28)29-9-11-36(52)47-39(29)53/h3,6-8,10,19-21,25,27,29H,4-5,9,11-18,22-24H2,1-2H3,(H,47,52,53). The van der Waals surface area contributed by atoms with Crippen LogP contribution in [0.3, 0.4) is 0 Å². The summed E-state index contributed by atoms with van der Waals surface area (Å²) in [5.74, 6) is -1.97. The maximum atomic E-state index is 15.3. The summed E-state index contributed by atoms with van der Waals surface area (Å²) in [4.78, 5) is 46.1. The number of amides is 2. The van der Waals surface area contributed by atoms with Gasteiger partial charge in [-0.15, -0.1) is 0 Å². The van der Waals surface area contributed by atoms with E-state index < -0.39 is 34.8 Å². The molecule has 0 aliphatic carbocycles. The van der Waals surface area contributed by atoms with Crippen LogP contribution in [0.15, 0.2) is 53.3 Å². The highest BCUT2D eigenvalue weighted by Gasteiger charge is 2.42. The van der Waals surface area contributed by atoms with Gasteiger partial charge >= 0.3 is 0 Å². The molecule has 0 saturated carbocycles. The Morgan fingerprint density at radius 2 is 1.75 bits per heavy atom. The van der Waals surface area contributed by atoms with Gasteiger partial charge in [-0.05, 0) is 119 Å². The van der Waals surface area contributed by atoms with Crippen LogP contribution in [0.1, 0.15) is 99.6 Å². The SMILES string of the molecule is CC1(C)c2cc(C3CCCN(CC4CCC5(CCN(c6cc(F)c(C7CCC(=O)NC7=O)c(F)c6)CC5)OC4)C3)ccc2-n2c1nc(=O)c1c(Cl)cccc12. The number of piperidine rings is 3. The number of imide groups is 1. The van der Waals surface area contributed by atoms with Crippen molar-refractivity contribution in [1.82, 2.24) is 19.8 Å². The van der Waals surface area contributed by atoms with E-state index in [1.807, 2.05) is 17.0 Å². The molecule has 5 aliphatic heterocycles. The number of nitrogens with one attached hydrogen (secondary N) is 1. The van der Waals surface area contributed by atoms with Gasteiger partial charge in [0.15, 0.2) is 0 Å². The third-order valence-electron chi connectivity index (χ3n) is 13.2. The van der Waals surface area contributed by atoms with Crippen LogP contribution in [0.25, 0.3) is 16.6 Å². The fourth-order valence-corrected chi connectivity index (χ4v) is 10.3. The molecule has 3 aromatic carbocycles. The number of anilines is 1. The monoisotopic (exact) mass is 769 g/mol. The zero-order chi connectivity index (χ0) is 38.2. The van der Waals surface area contributed by atoms with E-state index in [0.29, 0.717) is 47.6 Å². The van der Waals surface area contributed by atoms with Crippen LogP contribution in [0.5, 0.6) is 0 Å². The number of carbonyl (C=O) groups is 2. The molecule has 4 aromatic rings. The van der Waals surface area contributed by atoms with Crippen LogP contribution >= 0.6 is 11.6 Å². The summed E-state index contributed by atoms with van der Waals surface area (Å²) in [5.41, 5.74) is 3.61. The molecule has 1 N–H and O–H groups in total. The lowest BCUT2D eigenvalue weighted by Crippen LogP contribution is -2.50. The predicted molar refractivity (Wildman–Crippen MR) is 207 cm³/mol. The largest absolute Gasteiger partial charge is 0.375 e. The second-order valence-electron chi connectivity index (χ2n) is 16.9. The first-order valence-electron chi connectivity index (χ1n) is 19.7. The average molecular weight is 770 g/mol. The second-order valence-corrected chi connectivity index (χ2v) is 17.3. The van der Waals surface area contributed by atoms with Crippen molar-refractivity contribution in [3.8, 4) is 5.69 Å². The molecular weight excluding hydrogens is 724 g/mol. The van der Waals surface area contributed by atoms with Crippen molar-refractivity contribution in [1.29, 1.82) is 0 Å². The van der Waals surface area contributed by atoms with Crippen LogP contribution in [0.2, 0.25) is 5.02 Å². The number of halogens is 3. The highest BCUT2D eigenvalue weighted by atomic mass is 35.5. The molecule has 0 bridgehead atoms. The molecule has 4 saturated heterocycles. The minimum atomic E-state index is -1.00. The van der Waals surface area contributed by atoms with Crippen molar-refractivity contribution in [2.24, 2.45) is 5.92 Å². The van der Waals surface area contributed by atoms with E-state index in [1.54, 1.807) is 6.07 Å². The van der Waals surface area contributed by atoms with Crippen molar-refractivity contribution in [2.45, 2.75) is 88.1 Å². The summed E-state index contributed by atoms with van der Waals surface area (Å²) in [5, 5.41) is 3.07. The normalized spacial score (nSPS) is 24.9. The molecule has 4 fully saturated rings. The topological polar surface area (TPSA) is 96.8 Å². The maximum absolute atomic E-state index is 15.3. The number of ether oxygens (including phenoxy) is 1. The summed E-state index contributed by atoms with van der Waals surface area (Å²) in [6.45, 7) is 9.33. The number of hydrogen-bond donors (Lipinski definition) is 1. The Morgan fingerprint density at radius 3 is 2.47 bits per heavy atom. The third-order valence-corrected chi connectivity index (χ3v) is 13.5. The second kappa shape index (κ2) is 13.8. The Balaban J connectivity index is 0.818. The van der Waals surface area contributed by atoms with Crippen LogP contribution in [0.4, 0.5) is 14.5 Å². The lowest BCUT2D eigenvalue weighted by atomic mass is 9.80. The maximum Gasteiger partial charge on any atom is 0.282 e. The highest BCUT2D eigenvalue weighted by Crippen LogP contribution is 2.45. The molecule has 12 heteroatoms. The molecule has 288 valence electrons. The summed E-state index contributed by atoms with van der Waals surface area (Å²) < 4.78 is 39.3. The van der Waals surface area contributed by atoms with Crippen LogP contribution in [-0.2, 0) is 19.7 Å². The summed E-state index contributed by atoms with van der Waals surface area (Å²) in [7, 11) is 0. The molecular formula is C43H46ClF2N5O4. The number of fused-ring (bicyclic) bond motifs is 5. The number of hydrogen-bond acceptors (Lipinski definition) is 7. The van der Waals surface area contributed by atoms with E-state index in [1.165, 1.54) is 23.3 Å². The van der Waals surface area contributed by atoms with Crippen LogP contribution in [-0.4, -0.2) is 71.2 Å². The molecule has 9 nitrogen and oxygen atoms in total. The molecule has 5 aliphatic rings. The third kappa shape index (κ3) is 6.36. The first kappa shape index (κ1) is 36.4. The van der Waals surface area contributed by atoms with Gasteiger partial charge in [-0.25, -0.2) is 8.78 Å². The van der Waals surface area contributed by atoms with E-state index >= 15 is 8.78 Å². The summed E-state index contributed by atoms with van der Waals surface area (Å²) >= 11 is 6.47. The molecule has 3 atom stereocenters. The van der Waals surface area contributed by atoms with E-state index in [4.69, 9.17) is 16.3 Å². The van der Waals surface area contributed by atoms with Crippen molar-refractivity contribution in [3.63, 3.8) is 0 Å². The van der Waals surface area contributed by atoms with Gasteiger partial charge in [0.1, 0.15) is 17.5 Å². The van der Waals surface area contributed by atoms with Crippen LogP contribution in [0, 0.1) is 17.6 Å². The average Bonchev–Trinajstić information content (AvgIpc) is 3.39. The van der Waals surface area contributed by atoms with E-state index in [2.05, 4.69) is 51.8 Å². The highest BCUT2D eigenvalue weighted by molar-refractivity contribution is 6.35. The minimum Gasteiger partial charge on any atom is -0.375 e. The van der Waals surface area contributed by atoms with Gasteiger partial charge in [-0.3, -0.25) is 24.3 Å². The van der Waals surface area contributed by atoms with Gasteiger partial charge in [0.2, 0.25) is 11.8 Å². The first-order chi connectivity index (χ1) is 26.4. The number of carbonyl (C=O) groups excluding carboxylic acids is 2. The summed E-state index contributed by atoms with van der Waals surface area (Å²) in [6, 6.07) is 15.0. The van der Waals surface area contributed by atoms with E-state index in [-0.39, 0.29) is 29.6 Å². The Labute approximate surface area is 324 Å². The van der Waals surface area contributed by atoms with Crippen molar-refractivity contribution >= 4 is 40.0 Å². The Bertz CT molecular complexity index is 2250. The predicted octanol–water partition coefficient (Wildman–Crippen LogP) is 7.12. The van der Waals surface area contributed by atoms with Gasteiger partial charge < -0.3 is 14.5 Å². The quantitative estimate of drug-likeness (QED) is 0.216. The van der Waals surface area contributed by atoms with Gasteiger partial charge in [0.25, 0.3) is 5.56 Å².